The number of benzene rings is 2. The van der Waals surface area contributed by atoms with E-state index in [9.17, 15) is 14.4 Å². The van der Waals surface area contributed by atoms with E-state index >= 15 is 0 Å². The average Bonchev–Trinajstić information content (AvgIpc) is 2.80. The van der Waals surface area contributed by atoms with Crippen molar-refractivity contribution in [2.24, 2.45) is 0 Å². The molecule has 0 aromatic heterocycles. The first-order chi connectivity index (χ1) is 11.0. The Morgan fingerprint density at radius 2 is 1.65 bits per heavy atom. The number of esters is 1. The Balaban J connectivity index is 2.04. The van der Waals surface area contributed by atoms with E-state index in [4.69, 9.17) is 4.74 Å². The molecule has 2 aromatic carbocycles. The summed E-state index contributed by atoms with van der Waals surface area (Å²) in [6, 6.07) is 11.5. The molecular weight excluding hydrogens is 294 g/mol. The average molecular weight is 309 g/mol. The van der Waals surface area contributed by atoms with Crippen molar-refractivity contribution >= 4 is 23.5 Å². The van der Waals surface area contributed by atoms with Gasteiger partial charge in [0, 0.05) is 0 Å². The molecular formula is C18H15NO4. The van der Waals surface area contributed by atoms with Crippen molar-refractivity contribution in [3.63, 3.8) is 0 Å². The van der Waals surface area contributed by atoms with Gasteiger partial charge in [0.1, 0.15) is 0 Å². The molecule has 2 aromatic rings. The first-order valence-corrected chi connectivity index (χ1v) is 7.30. The number of imide groups is 1. The molecule has 116 valence electrons. The lowest BCUT2D eigenvalue weighted by atomic mass is 10.1. The molecule has 0 unspecified atom stereocenters. The van der Waals surface area contributed by atoms with E-state index in [0.717, 1.165) is 10.5 Å². The number of amides is 2. The number of carbonyl (C=O) groups is 3. The smallest absolute Gasteiger partial charge is 0.338 e. The second-order valence-corrected chi connectivity index (χ2v) is 5.21. The van der Waals surface area contributed by atoms with Gasteiger partial charge in [-0.2, -0.15) is 0 Å². The largest absolute Gasteiger partial charge is 0.462 e. The fourth-order valence-corrected chi connectivity index (χ4v) is 2.60. The summed E-state index contributed by atoms with van der Waals surface area (Å²) in [4.78, 5) is 38.1. The van der Waals surface area contributed by atoms with Crippen LogP contribution in [0, 0.1) is 6.92 Å². The van der Waals surface area contributed by atoms with Gasteiger partial charge in [0.25, 0.3) is 11.8 Å². The molecule has 0 fully saturated rings. The Labute approximate surface area is 133 Å². The molecule has 3 rings (SSSR count). The summed E-state index contributed by atoms with van der Waals surface area (Å²) < 4.78 is 5.01. The standard InChI is InChI=1S/C18H15NO4/c1-3-23-18(22)15-10-12(9-8-11(15)2)19-16(20)13-6-4-5-7-14(13)17(19)21/h4-10H,3H2,1-2H3. The first-order valence-electron chi connectivity index (χ1n) is 7.30. The summed E-state index contributed by atoms with van der Waals surface area (Å²) in [6.45, 7) is 3.76. The zero-order chi connectivity index (χ0) is 16.6. The van der Waals surface area contributed by atoms with E-state index in [0.29, 0.717) is 22.4 Å². The SMILES string of the molecule is CCOC(=O)c1cc(N2C(=O)c3ccccc3C2=O)ccc1C. The monoisotopic (exact) mass is 309 g/mol. The maximum atomic E-state index is 12.5. The van der Waals surface area contributed by atoms with Crippen molar-refractivity contribution in [1.29, 1.82) is 0 Å². The molecule has 0 spiro atoms. The molecule has 0 saturated heterocycles. The van der Waals surface area contributed by atoms with Gasteiger partial charge >= 0.3 is 5.97 Å². The predicted octanol–water partition coefficient (Wildman–Crippen LogP) is 2.97. The molecule has 0 atom stereocenters. The maximum Gasteiger partial charge on any atom is 0.338 e. The van der Waals surface area contributed by atoms with Crippen molar-refractivity contribution in [3.05, 3.63) is 64.7 Å². The summed E-state index contributed by atoms with van der Waals surface area (Å²) in [5.74, 6) is -1.24. The zero-order valence-corrected chi connectivity index (χ0v) is 12.8. The van der Waals surface area contributed by atoms with Gasteiger partial charge in [0.05, 0.1) is 29.0 Å². The van der Waals surface area contributed by atoms with Crippen LogP contribution < -0.4 is 4.90 Å². The highest BCUT2D eigenvalue weighted by Gasteiger charge is 2.36. The number of anilines is 1. The Morgan fingerprint density at radius 3 is 2.22 bits per heavy atom. The van der Waals surface area contributed by atoms with Crippen molar-refractivity contribution in [3.8, 4) is 0 Å². The lowest BCUT2D eigenvalue weighted by Crippen LogP contribution is -2.29. The second kappa shape index (κ2) is 5.68. The van der Waals surface area contributed by atoms with E-state index in [1.54, 1.807) is 50.2 Å². The molecule has 1 heterocycles. The number of carbonyl (C=O) groups excluding carboxylic acids is 3. The lowest BCUT2D eigenvalue weighted by Gasteiger charge is -2.16. The molecule has 0 saturated carbocycles. The molecule has 0 bridgehead atoms. The number of hydrogen-bond acceptors (Lipinski definition) is 4. The van der Waals surface area contributed by atoms with Crippen LogP contribution >= 0.6 is 0 Å². The molecule has 5 heteroatoms. The summed E-state index contributed by atoms with van der Waals surface area (Å²) in [5, 5.41) is 0. The minimum atomic E-state index is -0.469. The van der Waals surface area contributed by atoms with Gasteiger partial charge in [-0.1, -0.05) is 18.2 Å². The molecule has 0 aliphatic carbocycles. The van der Waals surface area contributed by atoms with Crippen LogP contribution in [-0.4, -0.2) is 24.4 Å². The van der Waals surface area contributed by atoms with Crippen molar-refractivity contribution < 1.29 is 19.1 Å². The topological polar surface area (TPSA) is 63.7 Å². The maximum absolute atomic E-state index is 12.5. The summed E-state index contributed by atoms with van der Waals surface area (Å²) in [6.07, 6.45) is 0. The fraction of sp³-hybridized carbons (Fsp3) is 0.167. The minimum absolute atomic E-state index is 0.259. The number of fused-ring (bicyclic) bond motifs is 1. The van der Waals surface area contributed by atoms with Crippen LogP contribution in [0.1, 0.15) is 43.6 Å². The zero-order valence-electron chi connectivity index (χ0n) is 12.8. The fourth-order valence-electron chi connectivity index (χ4n) is 2.60. The van der Waals surface area contributed by atoms with Gasteiger partial charge in [0.2, 0.25) is 0 Å². The third kappa shape index (κ3) is 2.40. The van der Waals surface area contributed by atoms with Crippen LogP contribution in [0.15, 0.2) is 42.5 Å². The van der Waals surface area contributed by atoms with Gasteiger partial charge in [-0.25, -0.2) is 9.69 Å². The van der Waals surface area contributed by atoms with Crippen LogP contribution in [0.4, 0.5) is 5.69 Å². The predicted molar refractivity (Wildman–Crippen MR) is 84.7 cm³/mol. The van der Waals surface area contributed by atoms with E-state index in [-0.39, 0.29) is 18.4 Å². The van der Waals surface area contributed by atoms with E-state index in [1.807, 2.05) is 0 Å². The quantitative estimate of drug-likeness (QED) is 0.646. The molecule has 0 N–H and O–H groups in total. The van der Waals surface area contributed by atoms with Crippen LogP contribution in [0.25, 0.3) is 0 Å². The Hall–Kier alpha value is -2.95. The molecule has 5 nitrogen and oxygen atoms in total. The highest BCUT2D eigenvalue weighted by Crippen LogP contribution is 2.29. The number of rotatable bonds is 3. The number of aryl methyl sites for hydroxylation is 1. The van der Waals surface area contributed by atoms with Crippen LogP contribution in [0.5, 0.6) is 0 Å². The van der Waals surface area contributed by atoms with Crippen LogP contribution in [0.3, 0.4) is 0 Å². The highest BCUT2D eigenvalue weighted by molar-refractivity contribution is 6.34. The lowest BCUT2D eigenvalue weighted by molar-refractivity contribution is 0.0525. The minimum Gasteiger partial charge on any atom is -0.462 e. The van der Waals surface area contributed by atoms with Gasteiger partial charge in [-0.05, 0) is 43.7 Å². The summed E-state index contributed by atoms with van der Waals surface area (Å²) in [7, 11) is 0. The summed E-state index contributed by atoms with van der Waals surface area (Å²) in [5.41, 5.74) is 2.18. The van der Waals surface area contributed by atoms with E-state index < -0.39 is 5.97 Å². The van der Waals surface area contributed by atoms with Crippen molar-refractivity contribution in [2.75, 3.05) is 11.5 Å². The van der Waals surface area contributed by atoms with Gasteiger partial charge in [-0.15, -0.1) is 0 Å². The molecule has 1 aliphatic heterocycles. The van der Waals surface area contributed by atoms with Gasteiger partial charge < -0.3 is 4.74 Å². The van der Waals surface area contributed by atoms with Crippen LogP contribution in [0.2, 0.25) is 0 Å². The number of nitrogens with zero attached hydrogens (tertiary/aromatic N) is 1. The highest BCUT2D eigenvalue weighted by atomic mass is 16.5. The van der Waals surface area contributed by atoms with E-state index in [1.165, 1.54) is 6.07 Å². The third-order valence-corrected chi connectivity index (χ3v) is 3.77. The van der Waals surface area contributed by atoms with Crippen LogP contribution in [-0.2, 0) is 4.74 Å². The first kappa shape index (κ1) is 15.0. The normalized spacial score (nSPS) is 13.2. The van der Waals surface area contributed by atoms with Crippen molar-refractivity contribution in [1.82, 2.24) is 0 Å². The van der Waals surface area contributed by atoms with E-state index in [2.05, 4.69) is 0 Å². The summed E-state index contributed by atoms with van der Waals surface area (Å²) >= 11 is 0. The second-order valence-electron chi connectivity index (χ2n) is 5.21. The molecule has 23 heavy (non-hydrogen) atoms. The Kier molecular flexibility index (Phi) is 3.70. The Bertz CT molecular complexity index is 791. The molecule has 1 aliphatic rings. The number of ether oxygens (including phenoxy) is 1. The Morgan fingerprint density at radius 1 is 1.04 bits per heavy atom. The molecule has 0 radical (unpaired) electrons. The third-order valence-electron chi connectivity index (χ3n) is 3.77. The number of hydrogen-bond donors (Lipinski definition) is 0. The van der Waals surface area contributed by atoms with Crippen molar-refractivity contribution in [2.45, 2.75) is 13.8 Å². The van der Waals surface area contributed by atoms with Gasteiger partial charge in [-0.3, -0.25) is 9.59 Å². The van der Waals surface area contributed by atoms with Gasteiger partial charge in [0.15, 0.2) is 0 Å². The molecule has 2 amide bonds.